The molecule has 1 N–H and O–H groups in total. The van der Waals surface area contributed by atoms with Crippen molar-refractivity contribution in [1.29, 1.82) is 0 Å². The standard InChI is InChI=1S/C14H19F3N2O3S/c1-5-12(18-22-9(2)3)11-8-10(4)6-7-13(11)19-23(20,21)14(15,16)17/h6-9,19H,5H2,1-4H3/b18-12+. The van der Waals surface area contributed by atoms with E-state index in [1.165, 1.54) is 12.1 Å². The van der Waals surface area contributed by atoms with Crippen molar-refractivity contribution >= 4 is 21.4 Å². The molecule has 0 heterocycles. The fraction of sp³-hybridized carbons (Fsp3) is 0.500. The minimum atomic E-state index is -5.50. The SMILES string of the molecule is CC/C(=N\OC(C)C)c1cc(C)ccc1NS(=O)(=O)C(F)(F)F. The van der Waals surface area contributed by atoms with Gasteiger partial charge in [-0.1, -0.05) is 23.7 Å². The summed E-state index contributed by atoms with van der Waals surface area (Å²) in [7, 11) is -5.50. The summed E-state index contributed by atoms with van der Waals surface area (Å²) in [6.07, 6.45) is 0.147. The lowest BCUT2D eigenvalue weighted by atomic mass is 10.0. The molecule has 1 aromatic carbocycles. The quantitative estimate of drug-likeness (QED) is 0.625. The Bertz CT molecular complexity index is 683. The molecule has 0 saturated carbocycles. The number of alkyl halides is 3. The van der Waals surface area contributed by atoms with E-state index in [-0.39, 0.29) is 17.4 Å². The first-order valence-electron chi connectivity index (χ1n) is 6.90. The Hall–Kier alpha value is -1.77. The second kappa shape index (κ2) is 7.20. The summed E-state index contributed by atoms with van der Waals surface area (Å²) in [5.74, 6) is 0. The predicted molar refractivity (Wildman–Crippen MR) is 82.8 cm³/mol. The van der Waals surface area contributed by atoms with Gasteiger partial charge in [0.1, 0.15) is 6.10 Å². The lowest BCUT2D eigenvalue weighted by Gasteiger charge is -2.16. The van der Waals surface area contributed by atoms with E-state index < -0.39 is 15.5 Å². The molecule has 9 heteroatoms. The van der Waals surface area contributed by atoms with Gasteiger partial charge in [-0.2, -0.15) is 21.6 Å². The van der Waals surface area contributed by atoms with Gasteiger partial charge in [-0.25, -0.2) is 0 Å². The number of rotatable bonds is 6. The van der Waals surface area contributed by atoms with E-state index in [0.29, 0.717) is 12.1 Å². The number of hydrogen-bond acceptors (Lipinski definition) is 4. The number of anilines is 1. The van der Waals surface area contributed by atoms with Gasteiger partial charge in [0.05, 0.1) is 11.4 Å². The first-order chi connectivity index (χ1) is 10.5. The summed E-state index contributed by atoms with van der Waals surface area (Å²) in [5, 5.41) is 3.91. The molecule has 23 heavy (non-hydrogen) atoms. The van der Waals surface area contributed by atoms with Gasteiger partial charge in [0.2, 0.25) is 0 Å². The Morgan fingerprint density at radius 3 is 2.43 bits per heavy atom. The van der Waals surface area contributed by atoms with Gasteiger partial charge in [-0.05, 0) is 39.3 Å². The highest BCUT2D eigenvalue weighted by Crippen LogP contribution is 2.28. The van der Waals surface area contributed by atoms with Crippen molar-refractivity contribution in [2.75, 3.05) is 4.72 Å². The summed E-state index contributed by atoms with van der Waals surface area (Å²) in [6.45, 7) is 6.98. The summed E-state index contributed by atoms with van der Waals surface area (Å²) >= 11 is 0. The third kappa shape index (κ3) is 5.12. The zero-order valence-electron chi connectivity index (χ0n) is 13.2. The molecule has 1 rings (SSSR count). The third-order valence-electron chi connectivity index (χ3n) is 2.74. The zero-order valence-corrected chi connectivity index (χ0v) is 14.0. The molecule has 0 aliphatic carbocycles. The molecule has 0 unspecified atom stereocenters. The van der Waals surface area contributed by atoms with Crippen LogP contribution in [0, 0.1) is 6.92 Å². The Kier molecular flexibility index (Phi) is 6.04. The van der Waals surface area contributed by atoms with Crippen molar-refractivity contribution in [3.05, 3.63) is 29.3 Å². The molecular weight excluding hydrogens is 333 g/mol. The molecule has 0 aromatic heterocycles. The first kappa shape index (κ1) is 19.3. The van der Waals surface area contributed by atoms with Gasteiger partial charge >= 0.3 is 15.5 Å². The Balaban J connectivity index is 3.33. The minimum absolute atomic E-state index is 0.194. The van der Waals surface area contributed by atoms with E-state index in [2.05, 4.69) is 5.16 Å². The number of aryl methyl sites for hydroxylation is 1. The second-order valence-electron chi connectivity index (χ2n) is 5.15. The zero-order chi connectivity index (χ0) is 17.8. The first-order valence-corrected chi connectivity index (χ1v) is 8.39. The lowest BCUT2D eigenvalue weighted by Crippen LogP contribution is -2.30. The summed E-state index contributed by atoms with van der Waals surface area (Å²) in [4.78, 5) is 5.13. The van der Waals surface area contributed by atoms with E-state index in [4.69, 9.17) is 4.84 Å². The van der Waals surface area contributed by atoms with Crippen LogP contribution < -0.4 is 4.72 Å². The minimum Gasteiger partial charge on any atom is -0.393 e. The van der Waals surface area contributed by atoms with E-state index in [1.54, 1.807) is 38.5 Å². The van der Waals surface area contributed by atoms with Crippen LogP contribution in [0.4, 0.5) is 18.9 Å². The number of halogens is 3. The average molecular weight is 352 g/mol. The maximum absolute atomic E-state index is 12.6. The van der Waals surface area contributed by atoms with Crippen LogP contribution in [-0.4, -0.2) is 25.7 Å². The monoisotopic (exact) mass is 352 g/mol. The summed E-state index contributed by atoms with van der Waals surface area (Å²) in [5.41, 5.74) is -4.24. The molecular formula is C14H19F3N2O3S. The highest BCUT2D eigenvalue weighted by atomic mass is 32.2. The van der Waals surface area contributed by atoms with E-state index in [0.717, 1.165) is 5.56 Å². The van der Waals surface area contributed by atoms with E-state index in [1.807, 2.05) is 0 Å². The molecule has 0 radical (unpaired) electrons. The molecule has 1 aromatic rings. The van der Waals surface area contributed by atoms with Crippen LogP contribution in [-0.2, 0) is 14.9 Å². The van der Waals surface area contributed by atoms with Crippen LogP contribution in [0.2, 0.25) is 0 Å². The lowest BCUT2D eigenvalue weighted by molar-refractivity contribution is -0.0429. The van der Waals surface area contributed by atoms with Crippen LogP contribution in [0.1, 0.15) is 38.3 Å². The van der Waals surface area contributed by atoms with Crippen molar-refractivity contribution < 1.29 is 26.4 Å². The van der Waals surface area contributed by atoms with Crippen LogP contribution in [0.25, 0.3) is 0 Å². The largest absolute Gasteiger partial charge is 0.516 e. The molecule has 0 fully saturated rings. The van der Waals surface area contributed by atoms with Crippen LogP contribution >= 0.6 is 0 Å². The highest BCUT2D eigenvalue weighted by molar-refractivity contribution is 7.93. The fourth-order valence-electron chi connectivity index (χ4n) is 1.66. The van der Waals surface area contributed by atoms with Gasteiger partial charge < -0.3 is 4.84 Å². The van der Waals surface area contributed by atoms with Gasteiger partial charge in [-0.15, -0.1) is 0 Å². The Morgan fingerprint density at radius 2 is 1.96 bits per heavy atom. The number of benzene rings is 1. The van der Waals surface area contributed by atoms with Crippen molar-refractivity contribution in [2.45, 2.75) is 45.7 Å². The molecule has 0 aliphatic rings. The van der Waals surface area contributed by atoms with Crippen LogP contribution in [0.5, 0.6) is 0 Å². The van der Waals surface area contributed by atoms with Gasteiger partial charge in [0.15, 0.2) is 0 Å². The van der Waals surface area contributed by atoms with Crippen LogP contribution in [0.3, 0.4) is 0 Å². The average Bonchev–Trinajstić information content (AvgIpc) is 2.40. The van der Waals surface area contributed by atoms with Crippen LogP contribution in [0.15, 0.2) is 23.4 Å². The van der Waals surface area contributed by atoms with Crippen molar-refractivity contribution in [3.63, 3.8) is 0 Å². The maximum Gasteiger partial charge on any atom is 0.516 e. The van der Waals surface area contributed by atoms with Crippen molar-refractivity contribution in [1.82, 2.24) is 0 Å². The Morgan fingerprint density at radius 1 is 1.35 bits per heavy atom. The van der Waals surface area contributed by atoms with E-state index >= 15 is 0 Å². The van der Waals surface area contributed by atoms with E-state index in [9.17, 15) is 21.6 Å². The van der Waals surface area contributed by atoms with Gasteiger partial charge in [-0.3, -0.25) is 4.72 Å². The molecule has 0 aliphatic heterocycles. The molecule has 130 valence electrons. The Labute approximate surface area is 133 Å². The maximum atomic E-state index is 12.6. The topological polar surface area (TPSA) is 67.8 Å². The number of nitrogens with one attached hydrogen (secondary N) is 1. The predicted octanol–water partition coefficient (Wildman–Crippen LogP) is 3.80. The number of nitrogens with zero attached hydrogens (tertiary/aromatic N) is 1. The summed E-state index contributed by atoms with van der Waals surface area (Å²) in [6, 6.07) is 4.34. The van der Waals surface area contributed by atoms with Gasteiger partial charge in [0.25, 0.3) is 0 Å². The number of oxime groups is 1. The third-order valence-corrected chi connectivity index (χ3v) is 3.84. The molecule has 0 atom stereocenters. The van der Waals surface area contributed by atoms with Gasteiger partial charge in [0, 0.05) is 5.56 Å². The molecule has 0 spiro atoms. The van der Waals surface area contributed by atoms with Crippen molar-refractivity contribution in [3.8, 4) is 0 Å². The smallest absolute Gasteiger partial charge is 0.393 e. The normalized spacial score (nSPS) is 13.3. The molecule has 0 amide bonds. The second-order valence-corrected chi connectivity index (χ2v) is 6.82. The molecule has 5 nitrogen and oxygen atoms in total. The number of sulfonamides is 1. The summed E-state index contributed by atoms with van der Waals surface area (Å²) < 4.78 is 61.9. The highest BCUT2D eigenvalue weighted by Gasteiger charge is 2.46. The molecule has 0 bridgehead atoms. The molecule has 0 saturated heterocycles. The fourth-order valence-corrected chi connectivity index (χ4v) is 2.24. The van der Waals surface area contributed by atoms with Crippen molar-refractivity contribution in [2.24, 2.45) is 5.16 Å². The number of hydrogen-bond donors (Lipinski definition) is 1.